The number of hydrogen-bond donors (Lipinski definition) is 2. The van der Waals surface area contributed by atoms with Crippen molar-refractivity contribution in [1.29, 1.82) is 0 Å². The molecule has 2 N–H and O–H groups in total. The van der Waals surface area contributed by atoms with E-state index in [1.807, 2.05) is 0 Å². The molecule has 2 aliphatic rings. The van der Waals surface area contributed by atoms with Crippen molar-refractivity contribution in [2.24, 2.45) is 0 Å². The molecule has 118 valence electrons. The van der Waals surface area contributed by atoms with Gasteiger partial charge in [0.2, 0.25) is 0 Å². The Morgan fingerprint density at radius 3 is 2.68 bits per heavy atom. The lowest BCUT2D eigenvalue weighted by atomic mass is 9.89. The summed E-state index contributed by atoms with van der Waals surface area (Å²) in [5, 5.41) is 11.7. The number of ether oxygens (including phenoxy) is 2. The number of hydrogen-bond acceptors (Lipinski definition) is 6. The van der Waals surface area contributed by atoms with E-state index in [0.717, 1.165) is 19.0 Å². The minimum Gasteiger partial charge on any atom is -0.476 e. The highest BCUT2D eigenvalue weighted by Crippen LogP contribution is 2.32. The molecule has 1 aromatic rings. The van der Waals surface area contributed by atoms with Gasteiger partial charge in [-0.1, -0.05) is 0 Å². The van der Waals surface area contributed by atoms with Crippen molar-refractivity contribution in [3.63, 3.8) is 0 Å². The average molecular weight is 307 g/mol. The van der Waals surface area contributed by atoms with Gasteiger partial charge in [-0.25, -0.2) is 14.8 Å². The summed E-state index contributed by atoms with van der Waals surface area (Å²) >= 11 is 0. The minimum absolute atomic E-state index is 0.0103. The molecule has 8 nitrogen and oxygen atoms in total. The fourth-order valence-electron chi connectivity index (χ4n) is 2.83. The van der Waals surface area contributed by atoms with E-state index in [9.17, 15) is 9.59 Å². The highest BCUT2D eigenvalue weighted by molar-refractivity contribution is 5.92. The standard InChI is InChI=1S/C14H17N3O5/c18-12(10-6-16-11(7-15-10)13(19)20)17-9-1-3-22-14(5-9)2-4-21-8-14/h6-7,9H,1-5,8H2,(H,17,18)(H,19,20). The van der Waals surface area contributed by atoms with E-state index in [2.05, 4.69) is 15.3 Å². The summed E-state index contributed by atoms with van der Waals surface area (Å²) in [6.45, 7) is 1.83. The number of carboxylic acid groups (broad SMARTS) is 1. The number of carbonyl (C=O) groups is 2. The van der Waals surface area contributed by atoms with Crippen molar-refractivity contribution in [3.05, 3.63) is 23.8 Å². The molecule has 0 aliphatic carbocycles. The Hall–Kier alpha value is -2.06. The van der Waals surface area contributed by atoms with E-state index < -0.39 is 5.97 Å². The summed E-state index contributed by atoms with van der Waals surface area (Å²) in [4.78, 5) is 30.4. The number of amides is 1. The van der Waals surface area contributed by atoms with Crippen LogP contribution in [-0.4, -0.2) is 58.4 Å². The lowest BCUT2D eigenvalue weighted by Gasteiger charge is -2.37. The van der Waals surface area contributed by atoms with E-state index in [4.69, 9.17) is 14.6 Å². The van der Waals surface area contributed by atoms with Crippen LogP contribution in [0.4, 0.5) is 0 Å². The van der Waals surface area contributed by atoms with Crippen molar-refractivity contribution in [3.8, 4) is 0 Å². The van der Waals surface area contributed by atoms with Gasteiger partial charge in [-0.15, -0.1) is 0 Å². The van der Waals surface area contributed by atoms with E-state index in [1.54, 1.807) is 0 Å². The van der Waals surface area contributed by atoms with Crippen LogP contribution in [0.5, 0.6) is 0 Å². The average Bonchev–Trinajstić information content (AvgIpc) is 2.95. The molecule has 22 heavy (non-hydrogen) atoms. The molecule has 8 heteroatoms. The number of aromatic nitrogens is 2. The molecule has 0 radical (unpaired) electrons. The summed E-state index contributed by atoms with van der Waals surface area (Å²) in [5.74, 6) is -1.53. The third-order valence-electron chi connectivity index (χ3n) is 4.00. The molecule has 0 saturated carbocycles. The second kappa shape index (κ2) is 5.98. The second-order valence-electron chi connectivity index (χ2n) is 5.59. The maximum absolute atomic E-state index is 12.2. The first-order valence-electron chi connectivity index (χ1n) is 7.16. The van der Waals surface area contributed by atoms with Gasteiger partial charge in [0.1, 0.15) is 5.69 Å². The number of carboxylic acids is 1. The Morgan fingerprint density at radius 2 is 2.05 bits per heavy atom. The maximum Gasteiger partial charge on any atom is 0.356 e. The van der Waals surface area contributed by atoms with Crippen molar-refractivity contribution in [2.75, 3.05) is 19.8 Å². The predicted octanol–water partition coefficient (Wildman–Crippen LogP) is 0.243. The van der Waals surface area contributed by atoms with Gasteiger partial charge in [0, 0.05) is 25.7 Å². The SMILES string of the molecule is O=C(O)c1cnc(C(=O)NC2CCOC3(CCOC3)C2)cn1. The van der Waals surface area contributed by atoms with Crippen molar-refractivity contribution >= 4 is 11.9 Å². The molecule has 1 amide bonds. The molecule has 2 saturated heterocycles. The summed E-state index contributed by atoms with van der Waals surface area (Å²) in [6.07, 6.45) is 4.53. The Kier molecular flexibility index (Phi) is 4.04. The Balaban J connectivity index is 1.62. The zero-order chi connectivity index (χ0) is 15.6. The van der Waals surface area contributed by atoms with E-state index in [0.29, 0.717) is 26.2 Å². The van der Waals surface area contributed by atoms with Crippen molar-refractivity contribution < 1.29 is 24.2 Å². The normalized spacial score (nSPS) is 27.7. The number of carbonyl (C=O) groups excluding carboxylic acids is 1. The van der Waals surface area contributed by atoms with Crippen LogP contribution >= 0.6 is 0 Å². The third kappa shape index (κ3) is 3.07. The fourth-order valence-corrected chi connectivity index (χ4v) is 2.83. The summed E-state index contributed by atoms with van der Waals surface area (Å²) in [5.41, 5.74) is -0.368. The molecule has 2 unspecified atom stereocenters. The van der Waals surface area contributed by atoms with E-state index in [-0.39, 0.29) is 28.9 Å². The fraction of sp³-hybridized carbons (Fsp3) is 0.571. The Bertz CT molecular complexity index is 568. The molecule has 2 fully saturated rings. The first-order chi connectivity index (χ1) is 10.6. The van der Waals surface area contributed by atoms with Gasteiger partial charge in [-0.2, -0.15) is 0 Å². The van der Waals surface area contributed by atoms with Gasteiger partial charge >= 0.3 is 5.97 Å². The summed E-state index contributed by atoms with van der Waals surface area (Å²) in [6, 6.07) is -0.0103. The lowest BCUT2D eigenvalue weighted by Crippen LogP contribution is -2.49. The molecule has 2 atom stereocenters. The lowest BCUT2D eigenvalue weighted by molar-refractivity contribution is -0.0881. The van der Waals surface area contributed by atoms with Crippen LogP contribution in [0.2, 0.25) is 0 Å². The van der Waals surface area contributed by atoms with Crippen LogP contribution < -0.4 is 5.32 Å². The minimum atomic E-state index is -1.17. The Labute approximate surface area is 126 Å². The van der Waals surface area contributed by atoms with Crippen LogP contribution in [0.15, 0.2) is 12.4 Å². The highest BCUT2D eigenvalue weighted by atomic mass is 16.6. The summed E-state index contributed by atoms with van der Waals surface area (Å²) < 4.78 is 11.2. The van der Waals surface area contributed by atoms with Crippen LogP contribution in [0.25, 0.3) is 0 Å². The molecule has 3 heterocycles. The zero-order valence-electron chi connectivity index (χ0n) is 11.9. The Morgan fingerprint density at radius 1 is 1.27 bits per heavy atom. The van der Waals surface area contributed by atoms with E-state index >= 15 is 0 Å². The topological polar surface area (TPSA) is 111 Å². The summed E-state index contributed by atoms with van der Waals surface area (Å²) in [7, 11) is 0. The van der Waals surface area contributed by atoms with Crippen LogP contribution in [0.3, 0.4) is 0 Å². The predicted molar refractivity (Wildman–Crippen MR) is 73.6 cm³/mol. The molecule has 1 spiro atoms. The molecule has 1 aromatic heterocycles. The van der Waals surface area contributed by atoms with Gasteiger partial charge in [0.05, 0.1) is 24.6 Å². The second-order valence-corrected chi connectivity index (χ2v) is 5.59. The number of aromatic carboxylic acids is 1. The van der Waals surface area contributed by atoms with Gasteiger partial charge in [0.15, 0.2) is 5.69 Å². The van der Waals surface area contributed by atoms with Gasteiger partial charge in [-0.3, -0.25) is 4.79 Å². The smallest absolute Gasteiger partial charge is 0.356 e. The molecule has 3 rings (SSSR count). The maximum atomic E-state index is 12.2. The van der Waals surface area contributed by atoms with Crippen LogP contribution in [-0.2, 0) is 9.47 Å². The number of rotatable bonds is 3. The molecule has 0 aromatic carbocycles. The zero-order valence-corrected chi connectivity index (χ0v) is 11.9. The monoisotopic (exact) mass is 307 g/mol. The quantitative estimate of drug-likeness (QED) is 0.823. The number of nitrogens with zero attached hydrogens (tertiary/aromatic N) is 2. The van der Waals surface area contributed by atoms with E-state index in [1.165, 1.54) is 6.20 Å². The molecule has 0 bridgehead atoms. The van der Waals surface area contributed by atoms with Crippen molar-refractivity contribution in [2.45, 2.75) is 30.9 Å². The first kappa shape index (κ1) is 14.9. The van der Waals surface area contributed by atoms with Crippen LogP contribution in [0.1, 0.15) is 40.2 Å². The molecular weight excluding hydrogens is 290 g/mol. The van der Waals surface area contributed by atoms with Gasteiger partial charge < -0.3 is 19.9 Å². The first-order valence-corrected chi connectivity index (χ1v) is 7.16. The largest absolute Gasteiger partial charge is 0.476 e. The van der Waals surface area contributed by atoms with Gasteiger partial charge in [-0.05, 0) is 12.8 Å². The molecule has 2 aliphatic heterocycles. The number of nitrogens with one attached hydrogen (secondary N) is 1. The van der Waals surface area contributed by atoms with Gasteiger partial charge in [0.25, 0.3) is 5.91 Å². The third-order valence-corrected chi connectivity index (χ3v) is 4.00. The van der Waals surface area contributed by atoms with Crippen LogP contribution in [0, 0.1) is 0 Å². The highest BCUT2D eigenvalue weighted by Gasteiger charge is 2.41. The molecular formula is C14H17N3O5. The van der Waals surface area contributed by atoms with Crippen molar-refractivity contribution in [1.82, 2.24) is 15.3 Å².